The number of aryl methyl sites for hydroxylation is 1. The van der Waals surface area contributed by atoms with E-state index in [0.717, 1.165) is 34.5 Å². The van der Waals surface area contributed by atoms with Gasteiger partial charge < -0.3 is 4.57 Å². The first-order valence-corrected chi connectivity index (χ1v) is 7.13. The fraction of sp³-hybridized carbons (Fsp3) is 0.105. The van der Waals surface area contributed by atoms with Crippen LogP contribution in [0.1, 0.15) is 27.0 Å². The van der Waals surface area contributed by atoms with Crippen LogP contribution in [0.2, 0.25) is 0 Å². The summed E-state index contributed by atoms with van der Waals surface area (Å²) >= 11 is 0. The monoisotopic (exact) mass is 273 g/mol. The lowest BCUT2D eigenvalue weighted by Gasteiger charge is -2.08. The Morgan fingerprint density at radius 2 is 1.57 bits per heavy atom. The minimum atomic E-state index is 0.157. The molecule has 0 fully saturated rings. The summed E-state index contributed by atoms with van der Waals surface area (Å²) in [4.78, 5) is 12.6. The van der Waals surface area contributed by atoms with Gasteiger partial charge in [0.25, 0.3) is 0 Å². The quantitative estimate of drug-likeness (QED) is 0.540. The summed E-state index contributed by atoms with van der Waals surface area (Å²) in [7, 11) is 0. The molecule has 0 spiro atoms. The van der Waals surface area contributed by atoms with Gasteiger partial charge in [-0.05, 0) is 18.1 Å². The number of hydrogen-bond acceptors (Lipinski definition) is 1. The molecular formula is C19H15NO. The molecule has 0 unspecified atom stereocenters. The summed E-state index contributed by atoms with van der Waals surface area (Å²) in [6.07, 6.45) is 2.09. The average molecular weight is 273 g/mol. The topological polar surface area (TPSA) is 22.0 Å². The van der Waals surface area contributed by atoms with E-state index >= 15 is 0 Å². The van der Waals surface area contributed by atoms with E-state index in [-0.39, 0.29) is 5.78 Å². The first kappa shape index (κ1) is 12.2. The van der Waals surface area contributed by atoms with Crippen LogP contribution in [0.15, 0.2) is 60.8 Å². The molecular weight excluding hydrogens is 258 g/mol. The van der Waals surface area contributed by atoms with Crippen LogP contribution in [0, 0.1) is 6.92 Å². The number of fused-ring (bicyclic) bond motifs is 3. The fourth-order valence-corrected chi connectivity index (χ4v) is 3.20. The Morgan fingerprint density at radius 3 is 2.33 bits per heavy atom. The van der Waals surface area contributed by atoms with E-state index in [1.54, 1.807) is 0 Å². The lowest BCUT2D eigenvalue weighted by atomic mass is 10.1. The first-order valence-electron chi connectivity index (χ1n) is 7.13. The molecule has 1 aliphatic carbocycles. The largest absolute Gasteiger partial charge is 0.342 e. The van der Waals surface area contributed by atoms with Gasteiger partial charge in [0, 0.05) is 23.9 Å². The Morgan fingerprint density at radius 1 is 0.905 bits per heavy atom. The van der Waals surface area contributed by atoms with Crippen LogP contribution in [0.25, 0.3) is 11.3 Å². The van der Waals surface area contributed by atoms with E-state index < -0.39 is 0 Å². The molecule has 0 saturated heterocycles. The van der Waals surface area contributed by atoms with Crippen molar-refractivity contribution in [3.05, 3.63) is 83.0 Å². The minimum Gasteiger partial charge on any atom is -0.342 e. The summed E-state index contributed by atoms with van der Waals surface area (Å²) in [5, 5.41) is 0. The molecule has 0 radical (unpaired) electrons. The molecule has 1 aliphatic rings. The normalized spacial score (nSPS) is 12.3. The Labute approximate surface area is 123 Å². The zero-order valence-electron chi connectivity index (χ0n) is 11.8. The maximum atomic E-state index is 12.6. The average Bonchev–Trinajstić information content (AvgIpc) is 2.99. The van der Waals surface area contributed by atoms with Crippen molar-refractivity contribution < 1.29 is 4.79 Å². The predicted molar refractivity (Wildman–Crippen MR) is 83.6 cm³/mol. The van der Waals surface area contributed by atoms with Crippen LogP contribution in [-0.2, 0) is 6.54 Å². The zero-order chi connectivity index (χ0) is 14.4. The van der Waals surface area contributed by atoms with Crippen LogP contribution >= 0.6 is 0 Å². The van der Waals surface area contributed by atoms with Gasteiger partial charge in [0.15, 0.2) is 5.78 Å². The standard InChI is InChI=1S/C19H15NO/c1-13-11-20(12-14-7-3-2-4-8-14)18-15-9-5-6-10-16(15)19(21)17(13)18/h2-11H,12H2,1H3. The Balaban J connectivity index is 1.89. The van der Waals surface area contributed by atoms with Crippen molar-refractivity contribution in [1.29, 1.82) is 0 Å². The number of benzene rings is 2. The minimum absolute atomic E-state index is 0.157. The zero-order valence-corrected chi connectivity index (χ0v) is 11.8. The van der Waals surface area contributed by atoms with Gasteiger partial charge in [-0.1, -0.05) is 54.6 Å². The molecule has 0 aliphatic heterocycles. The van der Waals surface area contributed by atoms with Gasteiger partial charge in [-0.25, -0.2) is 0 Å². The Bertz CT molecular complexity index is 843. The second-order valence-corrected chi connectivity index (χ2v) is 5.52. The van der Waals surface area contributed by atoms with Crippen LogP contribution in [-0.4, -0.2) is 10.4 Å². The molecule has 2 nitrogen and oxygen atoms in total. The van der Waals surface area contributed by atoms with E-state index in [1.165, 1.54) is 5.56 Å². The van der Waals surface area contributed by atoms with E-state index in [2.05, 4.69) is 22.9 Å². The first-order chi connectivity index (χ1) is 10.3. The molecule has 3 aromatic rings. The molecule has 0 atom stereocenters. The summed E-state index contributed by atoms with van der Waals surface area (Å²) in [6, 6.07) is 18.2. The third-order valence-corrected chi connectivity index (χ3v) is 4.12. The summed E-state index contributed by atoms with van der Waals surface area (Å²) < 4.78 is 2.20. The molecule has 0 saturated carbocycles. The van der Waals surface area contributed by atoms with E-state index in [0.29, 0.717) is 0 Å². The highest BCUT2D eigenvalue weighted by atomic mass is 16.1. The molecule has 2 aromatic carbocycles. The Hall–Kier alpha value is -2.61. The van der Waals surface area contributed by atoms with Gasteiger partial charge >= 0.3 is 0 Å². The number of ketones is 1. The SMILES string of the molecule is Cc1cn(Cc2ccccc2)c2c1C(=O)c1ccccc1-2. The second kappa shape index (κ2) is 4.45. The van der Waals surface area contributed by atoms with Crippen molar-refractivity contribution in [1.82, 2.24) is 4.57 Å². The predicted octanol–water partition coefficient (Wildman–Crippen LogP) is 4.06. The van der Waals surface area contributed by atoms with E-state index in [9.17, 15) is 4.79 Å². The van der Waals surface area contributed by atoms with Gasteiger partial charge in [0.05, 0.1) is 11.3 Å². The molecule has 1 heterocycles. The van der Waals surface area contributed by atoms with Crippen molar-refractivity contribution >= 4 is 5.78 Å². The lowest BCUT2D eigenvalue weighted by molar-refractivity contribution is 0.104. The van der Waals surface area contributed by atoms with Gasteiger partial charge in [-0.3, -0.25) is 4.79 Å². The molecule has 21 heavy (non-hydrogen) atoms. The summed E-state index contributed by atoms with van der Waals surface area (Å²) in [5.41, 5.74) is 6.12. The fourth-order valence-electron chi connectivity index (χ4n) is 3.20. The number of hydrogen-bond donors (Lipinski definition) is 0. The maximum absolute atomic E-state index is 12.6. The smallest absolute Gasteiger partial charge is 0.196 e. The van der Waals surface area contributed by atoms with Crippen molar-refractivity contribution in [2.75, 3.05) is 0 Å². The van der Waals surface area contributed by atoms with E-state index in [4.69, 9.17) is 0 Å². The number of carbonyl (C=O) groups is 1. The third kappa shape index (κ3) is 1.76. The molecule has 4 rings (SSSR count). The third-order valence-electron chi connectivity index (χ3n) is 4.12. The van der Waals surface area contributed by atoms with Crippen molar-refractivity contribution in [2.24, 2.45) is 0 Å². The van der Waals surface area contributed by atoms with Crippen molar-refractivity contribution in [3.8, 4) is 11.3 Å². The molecule has 0 N–H and O–H groups in total. The number of rotatable bonds is 2. The van der Waals surface area contributed by atoms with Gasteiger partial charge in [-0.2, -0.15) is 0 Å². The highest BCUT2D eigenvalue weighted by molar-refractivity contribution is 6.22. The number of nitrogens with zero attached hydrogens (tertiary/aromatic N) is 1. The molecule has 0 amide bonds. The highest BCUT2D eigenvalue weighted by Gasteiger charge is 2.31. The Kier molecular flexibility index (Phi) is 2.58. The van der Waals surface area contributed by atoms with Crippen LogP contribution in [0.5, 0.6) is 0 Å². The number of carbonyl (C=O) groups excluding carboxylic acids is 1. The summed E-state index contributed by atoms with van der Waals surface area (Å²) in [5.74, 6) is 0.157. The van der Waals surface area contributed by atoms with E-state index in [1.807, 2.05) is 49.4 Å². The maximum Gasteiger partial charge on any atom is 0.196 e. The van der Waals surface area contributed by atoms with Crippen LogP contribution in [0.3, 0.4) is 0 Å². The molecule has 2 heteroatoms. The molecule has 1 aromatic heterocycles. The van der Waals surface area contributed by atoms with Crippen LogP contribution in [0.4, 0.5) is 0 Å². The van der Waals surface area contributed by atoms with Crippen LogP contribution < -0.4 is 0 Å². The van der Waals surface area contributed by atoms with Gasteiger partial charge in [0.1, 0.15) is 0 Å². The molecule has 0 bridgehead atoms. The van der Waals surface area contributed by atoms with Gasteiger partial charge in [-0.15, -0.1) is 0 Å². The highest BCUT2D eigenvalue weighted by Crippen LogP contribution is 2.39. The van der Waals surface area contributed by atoms with Crippen molar-refractivity contribution in [3.63, 3.8) is 0 Å². The lowest BCUT2D eigenvalue weighted by Crippen LogP contribution is -1.99. The van der Waals surface area contributed by atoms with Gasteiger partial charge in [0.2, 0.25) is 0 Å². The number of aromatic nitrogens is 1. The molecule has 102 valence electrons. The van der Waals surface area contributed by atoms with Crippen molar-refractivity contribution in [2.45, 2.75) is 13.5 Å². The summed E-state index contributed by atoms with van der Waals surface area (Å²) in [6.45, 7) is 2.81. The second-order valence-electron chi connectivity index (χ2n) is 5.52.